The van der Waals surface area contributed by atoms with Crippen molar-refractivity contribution in [3.63, 3.8) is 0 Å². The third-order valence-corrected chi connectivity index (χ3v) is 3.44. The highest BCUT2D eigenvalue weighted by molar-refractivity contribution is 9.10. The Kier molecular flexibility index (Phi) is 3.97. The Morgan fingerprint density at radius 3 is 2.61 bits per heavy atom. The molecule has 0 unspecified atom stereocenters. The van der Waals surface area contributed by atoms with E-state index in [1.54, 1.807) is 31.2 Å². The van der Waals surface area contributed by atoms with Gasteiger partial charge in [0, 0.05) is 5.56 Å². The molecule has 1 nitrogen and oxygen atoms in total. The number of benzene rings is 2. The summed E-state index contributed by atoms with van der Waals surface area (Å²) < 4.78 is 32.2. The lowest BCUT2D eigenvalue weighted by atomic mass is 10.2. The lowest BCUT2D eigenvalue weighted by Gasteiger charge is -2.09. The average molecular weight is 313 g/mol. The van der Waals surface area contributed by atoms with Crippen LogP contribution in [0.25, 0.3) is 0 Å². The van der Waals surface area contributed by atoms with Gasteiger partial charge in [-0.2, -0.15) is 0 Å². The van der Waals surface area contributed by atoms with Gasteiger partial charge in [0.05, 0.1) is 4.47 Å². The minimum atomic E-state index is -0.327. The fourth-order valence-electron chi connectivity index (χ4n) is 1.53. The number of rotatable bonds is 3. The predicted molar refractivity (Wildman–Crippen MR) is 69.6 cm³/mol. The van der Waals surface area contributed by atoms with Crippen molar-refractivity contribution in [1.82, 2.24) is 0 Å². The minimum absolute atomic E-state index is 0.226. The van der Waals surface area contributed by atoms with Gasteiger partial charge in [0.15, 0.2) is 0 Å². The van der Waals surface area contributed by atoms with Crippen LogP contribution in [0.15, 0.2) is 40.9 Å². The van der Waals surface area contributed by atoms with Crippen LogP contribution in [0.1, 0.15) is 11.1 Å². The van der Waals surface area contributed by atoms with Crippen LogP contribution in [-0.2, 0) is 6.61 Å². The van der Waals surface area contributed by atoms with Crippen molar-refractivity contribution in [1.29, 1.82) is 0 Å². The molecule has 0 saturated heterocycles. The van der Waals surface area contributed by atoms with E-state index in [4.69, 9.17) is 4.74 Å². The molecule has 0 aromatic heterocycles. The molecule has 0 aliphatic heterocycles. The van der Waals surface area contributed by atoms with Gasteiger partial charge in [0.25, 0.3) is 0 Å². The van der Waals surface area contributed by atoms with Gasteiger partial charge < -0.3 is 4.74 Å². The van der Waals surface area contributed by atoms with Crippen LogP contribution in [-0.4, -0.2) is 0 Å². The van der Waals surface area contributed by atoms with Gasteiger partial charge in [-0.3, -0.25) is 0 Å². The first-order chi connectivity index (χ1) is 8.58. The van der Waals surface area contributed by atoms with Crippen molar-refractivity contribution >= 4 is 15.9 Å². The number of aryl methyl sites for hydroxylation is 1. The topological polar surface area (TPSA) is 9.23 Å². The Balaban J connectivity index is 2.11. The molecule has 2 aromatic rings. The van der Waals surface area contributed by atoms with Crippen LogP contribution < -0.4 is 4.74 Å². The smallest absolute Gasteiger partial charge is 0.137 e. The molecular weight excluding hydrogens is 302 g/mol. The van der Waals surface area contributed by atoms with E-state index >= 15 is 0 Å². The molecule has 2 rings (SSSR count). The molecule has 0 atom stereocenters. The van der Waals surface area contributed by atoms with Crippen molar-refractivity contribution in [3.8, 4) is 5.75 Å². The molecule has 0 heterocycles. The number of hydrogen-bond acceptors (Lipinski definition) is 1. The second kappa shape index (κ2) is 5.48. The largest absolute Gasteiger partial charge is 0.489 e. The van der Waals surface area contributed by atoms with Crippen LogP contribution in [0, 0.1) is 18.6 Å². The van der Waals surface area contributed by atoms with Crippen molar-refractivity contribution < 1.29 is 13.5 Å². The van der Waals surface area contributed by atoms with Crippen molar-refractivity contribution in [2.45, 2.75) is 13.5 Å². The van der Waals surface area contributed by atoms with E-state index in [1.807, 2.05) is 0 Å². The van der Waals surface area contributed by atoms with E-state index in [1.165, 1.54) is 12.1 Å². The lowest BCUT2D eigenvalue weighted by Crippen LogP contribution is -1.98. The van der Waals surface area contributed by atoms with Crippen LogP contribution in [0.4, 0.5) is 8.78 Å². The number of ether oxygens (including phenoxy) is 1. The van der Waals surface area contributed by atoms with Crippen molar-refractivity contribution in [3.05, 3.63) is 63.6 Å². The standard InChI is InChI=1S/C14H11BrF2O/c1-9-7-11(5-6-12(9)16)18-8-10-3-2-4-13(17)14(10)15/h2-7H,8H2,1H3. The zero-order chi connectivity index (χ0) is 13.1. The van der Waals surface area contributed by atoms with Crippen LogP contribution in [0.5, 0.6) is 5.75 Å². The fraction of sp³-hybridized carbons (Fsp3) is 0.143. The highest BCUT2D eigenvalue weighted by atomic mass is 79.9. The normalized spacial score (nSPS) is 10.4. The van der Waals surface area contributed by atoms with E-state index in [9.17, 15) is 8.78 Å². The Hall–Kier alpha value is -1.42. The van der Waals surface area contributed by atoms with Crippen LogP contribution >= 0.6 is 15.9 Å². The first-order valence-electron chi connectivity index (χ1n) is 5.40. The number of hydrogen-bond donors (Lipinski definition) is 0. The summed E-state index contributed by atoms with van der Waals surface area (Å²) in [7, 11) is 0. The molecular formula is C14H11BrF2O. The van der Waals surface area contributed by atoms with Gasteiger partial charge in [0.1, 0.15) is 24.0 Å². The van der Waals surface area contributed by atoms with Gasteiger partial charge in [-0.1, -0.05) is 12.1 Å². The molecule has 0 amide bonds. The maximum absolute atomic E-state index is 13.3. The molecule has 0 radical (unpaired) electrons. The summed E-state index contributed by atoms with van der Waals surface area (Å²) in [5.74, 6) is -0.0364. The Bertz CT molecular complexity index is 570. The zero-order valence-corrected chi connectivity index (χ0v) is 11.3. The maximum atomic E-state index is 13.3. The molecule has 0 fully saturated rings. The molecule has 0 spiro atoms. The molecule has 4 heteroatoms. The highest BCUT2D eigenvalue weighted by Crippen LogP contribution is 2.23. The Labute approximate surface area is 113 Å². The first kappa shape index (κ1) is 13.0. The summed E-state index contributed by atoms with van der Waals surface area (Å²) in [6.45, 7) is 1.89. The molecule has 0 saturated carbocycles. The third-order valence-electron chi connectivity index (χ3n) is 2.56. The maximum Gasteiger partial charge on any atom is 0.137 e. The SMILES string of the molecule is Cc1cc(OCc2cccc(F)c2Br)ccc1F. The second-order valence-electron chi connectivity index (χ2n) is 3.91. The summed E-state index contributed by atoms with van der Waals surface area (Å²) in [4.78, 5) is 0. The summed E-state index contributed by atoms with van der Waals surface area (Å²) in [6, 6.07) is 9.28. The molecule has 18 heavy (non-hydrogen) atoms. The average Bonchev–Trinajstić information content (AvgIpc) is 2.35. The fourth-order valence-corrected chi connectivity index (χ4v) is 1.91. The van der Waals surface area contributed by atoms with E-state index < -0.39 is 0 Å². The van der Waals surface area contributed by atoms with Gasteiger partial charge in [-0.15, -0.1) is 0 Å². The first-order valence-corrected chi connectivity index (χ1v) is 6.19. The molecule has 94 valence electrons. The summed E-state index contributed by atoms with van der Waals surface area (Å²) >= 11 is 3.16. The quantitative estimate of drug-likeness (QED) is 0.804. The monoisotopic (exact) mass is 312 g/mol. The molecule has 2 aromatic carbocycles. The third kappa shape index (κ3) is 2.88. The molecule has 0 aliphatic carbocycles. The molecule has 0 aliphatic rings. The van der Waals surface area contributed by atoms with E-state index in [-0.39, 0.29) is 18.2 Å². The van der Waals surface area contributed by atoms with E-state index in [0.29, 0.717) is 21.3 Å². The second-order valence-corrected chi connectivity index (χ2v) is 4.71. The Morgan fingerprint density at radius 2 is 1.89 bits per heavy atom. The number of halogens is 3. The van der Waals surface area contributed by atoms with E-state index in [2.05, 4.69) is 15.9 Å². The highest BCUT2D eigenvalue weighted by Gasteiger charge is 2.06. The summed E-state index contributed by atoms with van der Waals surface area (Å²) in [5.41, 5.74) is 1.22. The lowest BCUT2D eigenvalue weighted by molar-refractivity contribution is 0.304. The molecule has 0 N–H and O–H groups in total. The minimum Gasteiger partial charge on any atom is -0.489 e. The van der Waals surface area contributed by atoms with Gasteiger partial charge in [0.2, 0.25) is 0 Å². The van der Waals surface area contributed by atoms with E-state index in [0.717, 1.165) is 0 Å². The predicted octanol–water partition coefficient (Wildman–Crippen LogP) is 4.61. The van der Waals surface area contributed by atoms with Crippen molar-refractivity contribution in [2.24, 2.45) is 0 Å². The van der Waals surface area contributed by atoms with Gasteiger partial charge >= 0.3 is 0 Å². The summed E-state index contributed by atoms with van der Waals surface area (Å²) in [5, 5.41) is 0. The van der Waals surface area contributed by atoms with Crippen LogP contribution in [0.2, 0.25) is 0 Å². The van der Waals surface area contributed by atoms with Gasteiger partial charge in [-0.25, -0.2) is 8.78 Å². The Morgan fingerprint density at radius 1 is 1.11 bits per heavy atom. The molecule has 0 bridgehead atoms. The van der Waals surface area contributed by atoms with Crippen LogP contribution in [0.3, 0.4) is 0 Å². The summed E-state index contributed by atoms with van der Waals surface area (Å²) in [6.07, 6.45) is 0. The van der Waals surface area contributed by atoms with Crippen molar-refractivity contribution in [2.75, 3.05) is 0 Å². The van der Waals surface area contributed by atoms with Gasteiger partial charge in [-0.05, 0) is 52.7 Å². The zero-order valence-electron chi connectivity index (χ0n) is 9.71.